The predicted octanol–water partition coefficient (Wildman–Crippen LogP) is 3.19. The van der Waals surface area contributed by atoms with Gasteiger partial charge in [-0.25, -0.2) is 0 Å². The van der Waals surface area contributed by atoms with E-state index in [1.807, 2.05) is 36.4 Å². The van der Waals surface area contributed by atoms with Crippen LogP contribution < -0.4 is 5.73 Å². The summed E-state index contributed by atoms with van der Waals surface area (Å²) in [6.07, 6.45) is 0. The first kappa shape index (κ1) is 14.5. The summed E-state index contributed by atoms with van der Waals surface area (Å²) in [6.45, 7) is 3.41. The van der Waals surface area contributed by atoms with Crippen LogP contribution in [0.3, 0.4) is 0 Å². The molecular weight excluding hydrogens is 294 g/mol. The Balaban J connectivity index is 0.000000203. The van der Waals surface area contributed by atoms with Crippen LogP contribution in [0.25, 0.3) is 10.8 Å². The lowest BCUT2D eigenvalue weighted by Crippen LogP contribution is -2.31. The van der Waals surface area contributed by atoms with Crippen molar-refractivity contribution in [2.75, 3.05) is 0 Å². The van der Waals surface area contributed by atoms with E-state index in [9.17, 15) is 9.90 Å². The molecule has 4 heteroatoms. The number of aromatic hydroxyl groups is 1. The highest BCUT2D eigenvalue weighted by Gasteiger charge is 2.18. The molecule has 96 valence electrons. The Labute approximate surface area is 115 Å². The zero-order chi connectivity index (χ0) is 13.8. The highest BCUT2D eigenvalue weighted by molar-refractivity contribution is 9.10. The van der Waals surface area contributed by atoms with Gasteiger partial charge in [-0.1, -0.05) is 52.3 Å². The van der Waals surface area contributed by atoms with Gasteiger partial charge in [0.2, 0.25) is 5.91 Å². The Kier molecular flexibility index (Phi) is 4.73. The van der Waals surface area contributed by atoms with E-state index in [0.29, 0.717) is 5.75 Å². The Morgan fingerprint density at radius 3 is 2.17 bits per heavy atom. The van der Waals surface area contributed by atoms with Crippen LogP contribution in [-0.2, 0) is 4.79 Å². The number of nitrogens with two attached hydrogens (primary N) is 1. The van der Waals surface area contributed by atoms with Crippen LogP contribution in [0.15, 0.2) is 42.5 Å². The molecule has 0 radical (unpaired) electrons. The van der Waals surface area contributed by atoms with Crippen molar-refractivity contribution in [3.05, 3.63) is 42.5 Å². The molecule has 0 aliphatic heterocycles. The van der Waals surface area contributed by atoms with Crippen molar-refractivity contribution < 1.29 is 9.90 Å². The minimum atomic E-state index is -0.549. The molecule has 2 aromatic carbocycles. The second kappa shape index (κ2) is 5.87. The first-order chi connectivity index (χ1) is 8.32. The topological polar surface area (TPSA) is 63.3 Å². The molecule has 0 saturated carbocycles. The van der Waals surface area contributed by atoms with E-state index >= 15 is 0 Å². The molecule has 2 rings (SSSR count). The fourth-order valence-electron chi connectivity index (χ4n) is 1.21. The minimum absolute atomic E-state index is 0.340. The maximum absolute atomic E-state index is 10.2. The zero-order valence-electron chi connectivity index (χ0n) is 10.4. The third kappa shape index (κ3) is 4.04. The molecule has 3 nitrogen and oxygen atoms in total. The van der Waals surface area contributed by atoms with Gasteiger partial charge in [0.05, 0.1) is 4.32 Å². The molecule has 18 heavy (non-hydrogen) atoms. The Bertz CT molecular complexity index is 541. The number of primary amides is 1. The molecule has 0 bridgehead atoms. The number of alkyl halides is 1. The van der Waals surface area contributed by atoms with E-state index < -0.39 is 4.32 Å². The number of fused-ring (bicyclic) bond motifs is 1. The average molecular weight is 310 g/mol. The van der Waals surface area contributed by atoms with Gasteiger partial charge in [0.1, 0.15) is 5.75 Å². The summed E-state index contributed by atoms with van der Waals surface area (Å²) >= 11 is 3.07. The minimum Gasteiger partial charge on any atom is -0.507 e. The highest BCUT2D eigenvalue weighted by atomic mass is 79.9. The van der Waals surface area contributed by atoms with Crippen LogP contribution in [-0.4, -0.2) is 15.3 Å². The molecule has 0 aliphatic carbocycles. The van der Waals surface area contributed by atoms with Gasteiger partial charge < -0.3 is 10.8 Å². The zero-order valence-corrected chi connectivity index (χ0v) is 11.9. The number of benzene rings is 2. The smallest absolute Gasteiger partial charge is 0.233 e. The number of phenols is 1. The van der Waals surface area contributed by atoms with Crippen molar-refractivity contribution in [3.8, 4) is 5.75 Å². The Morgan fingerprint density at radius 1 is 1.17 bits per heavy atom. The molecule has 2 aromatic rings. The maximum atomic E-state index is 10.2. The molecule has 0 atom stereocenters. The van der Waals surface area contributed by atoms with Crippen LogP contribution in [0.2, 0.25) is 0 Å². The van der Waals surface area contributed by atoms with Crippen LogP contribution in [0, 0.1) is 0 Å². The van der Waals surface area contributed by atoms with E-state index in [1.165, 1.54) is 0 Å². The Morgan fingerprint density at radius 2 is 1.67 bits per heavy atom. The largest absolute Gasteiger partial charge is 0.507 e. The van der Waals surface area contributed by atoms with Gasteiger partial charge in [-0.15, -0.1) is 0 Å². The molecule has 3 N–H and O–H groups in total. The summed E-state index contributed by atoms with van der Waals surface area (Å²) < 4.78 is -0.549. The van der Waals surface area contributed by atoms with Gasteiger partial charge in [-0.3, -0.25) is 4.79 Å². The number of phenolic OH excluding ortho intramolecular Hbond substituents is 1. The van der Waals surface area contributed by atoms with E-state index in [-0.39, 0.29) is 5.91 Å². The van der Waals surface area contributed by atoms with Crippen LogP contribution in [0.5, 0.6) is 5.75 Å². The van der Waals surface area contributed by atoms with E-state index in [4.69, 9.17) is 5.73 Å². The van der Waals surface area contributed by atoms with Gasteiger partial charge in [0.15, 0.2) is 0 Å². The average Bonchev–Trinajstić information content (AvgIpc) is 2.29. The van der Waals surface area contributed by atoms with Crippen LogP contribution >= 0.6 is 15.9 Å². The lowest BCUT2D eigenvalue weighted by atomic mass is 10.1. The van der Waals surface area contributed by atoms with E-state index in [0.717, 1.165) is 10.8 Å². The van der Waals surface area contributed by atoms with E-state index in [2.05, 4.69) is 15.9 Å². The van der Waals surface area contributed by atoms with Crippen LogP contribution in [0.4, 0.5) is 0 Å². The van der Waals surface area contributed by atoms with Crippen molar-refractivity contribution in [2.24, 2.45) is 5.73 Å². The molecule has 1 amide bonds. The second-order valence-electron chi connectivity index (χ2n) is 4.33. The van der Waals surface area contributed by atoms with Gasteiger partial charge in [-0.2, -0.15) is 0 Å². The molecule has 0 saturated heterocycles. The molecule has 0 unspecified atom stereocenters. The summed E-state index contributed by atoms with van der Waals surface area (Å²) in [5.41, 5.74) is 4.88. The molecular formula is C14H16BrNO2. The van der Waals surface area contributed by atoms with Crippen LogP contribution in [0.1, 0.15) is 13.8 Å². The number of rotatable bonds is 1. The first-order valence-corrected chi connectivity index (χ1v) is 6.27. The molecule has 0 heterocycles. The molecule has 0 spiro atoms. The third-order valence-corrected chi connectivity index (χ3v) is 2.74. The van der Waals surface area contributed by atoms with Gasteiger partial charge in [-0.05, 0) is 25.3 Å². The van der Waals surface area contributed by atoms with Crippen molar-refractivity contribution in [1.82, 2.24) is 0 Å². The van der Waals surface area contributed by atoms with E-state index in [1.54, 1.807) is 19.9 Å². The van der Waals surface area contributed by atoms with Gasteiger partial charge in [0, 0.05) is 5.39 Å². The summed E-state index contributed by atoms with van der Waals surface area (Å²) in [5, 5.41) is 11.4. The highest BCUT2D eigenvalue weighted by Crippen LogP contribution is 2.22. The molecule has 0 aromatic heterocycles. The van der Waals surface area contributed by atoms with Crippen molar-refractivity contribution in [3.63, 3.8) is 0 Å². The fourth-order valence-corrected chi connectivity index (χ4v) is 1.21. The number of halogens is 1. The maximum Gasteiger partial charge on any atom is 0.233 e. The van der Waals surface area contributed by atoms with Gasteiger partial charge in [0.25, 0.3) is 0 Å². The number of carbonyl (C=O) groups is 1. The lowest BCUT2D eigenvalue weighted by Gasteiger charge is -2.07. The third-order valence-electron chi connectivity index (χ3n) is 2.35. The Hall–Kier alpha value is -1.55. The number of hydrogen-bond donors (Lipinski definition) is 2. The number of carbonyl (C=O) groups excluding carboxylic acids is 1. The van der Waals surface area contributed by atoms with Gasteiger partial charge >= 0.3 is 0 Å². The standard InChI is InChI=1S/C10H8O.C4H8BrNO/c11-10-7-3-5-8-4-1-2-6-9(8)10;1-4(2,5)3(6)7/h1-7,11H;1-2H3,(H2,6,7). The SMILES string of the molecule is CC(C)(Br)C(N)=O.Oc1cccc2ccccc12. The number of amides is 1. The monoisotopic (exact) mass is 309 g/mol. The summed E-state index contributed by atoms with van der Waals surface area (Å²) in [7, 11) is 0. The second-order valence-corrected chi connectivity index (χ2v) is 6.32. The van der Waals surface area contributed by atoms with Crippen molar-refractivity contribution in [2.45, 2.75) is 18.2 Å². The normalized spacial score (nSPS) is 10.6. The summed E-state index contributed by atoms with van der Waals surface area (Å²) in [4.78, 5) is 10.2. The molecule has 0 aliphatic rings. The van der Waals surface area contributed by atoms with Crippen molar-refractivity contribution in [1.29, 1.82) is 0 Å². The summed E-state index contributed by atoms with van der Waals surface area (Å²) in [5.74, 6) is 0.00981. The molecule has 0 fully saturated rings. The lowest BCUT2D eigenvalue weighted by molar-refractivity contribution is -0.119. The quantitative estimate of drug-likeness (QED) is 0.795. The summed E-state index contributed by atoms with van der Waals surface area (Å²) in [6, 6.07) is 13.3. The fraction of sp³-hybridized carbons (Fsp3) is 0.214. The number of hydrogen-bond acceptors (Lipinski definition) is 2. The first-order valence-electron chi connectivity index (χ1n) is 5.48. The van der Waals surface area contributed by atoms with Crippen molar-refractivity contribution >= 4 is 32.6 Å². The predicted molar refractivity (Wildman–Crippen MR) is 77.8 cm³/mol.